The van der Waals surface area contributed by atoms with E-state index in [2.05, 4.69) is 15.0 Å². The zero-order chi connectivity index (χ0) is 17.2. The fourth-order valence-corrected chi connectivity index (χ4v) is 3.41. The van der Waals surface area contributed by atoms with Crippen LogP contribution in [-0.2, 0) is 5.75 Å². The Labute approximate surface area is 148 Å². The first-order valence-corrected chi connectivity index (χ1v) is 8.90. The molecule has 0 aliphatic rings. The van der Waals surface area contributed by atoms with E-state index < -0.39 is 0 Å². The molecule has 0 amide bonds. The van der Waals surface area contributed by atoms with E-state index in [4.69, 9.17) is 0 Å². The first-order chi connectivity index (χ1) is 12.2. The number of imidazole rings is 1. The van der Waals surface area contributed by atoms with E-state index in [0.29, 0.717) is 11.4 Å². The molecule has 0 aliphatic heterocycles. The van der Waals surface area contributed by atoms with Crippen molar-refractivity contribution < 1.29 is 0 Å². The molecule has 6 heteroatoms. The van der Waals surface area contributed by atoms with Gasteiger partial charge in [-0.2, -0.15) is 0 Å². The van der Waals surface area contributed by atoms with E-state index in [1.54, 1.807) is 16.7 Å². The predicted octanol–water partition coefficient (Wildman–Crippen LogP) is 3.69. The molecule has 124 valence electrons. The number of fused-ring (bicyclic) bond motifs is 1. The Hall–Kier alpha value is -2.86. The molecule has 0 saturated heterocycles. The van der Waals surface area contributed by atoms with Crippen molar-refractivity contribution >= 4 is 17.4 Å². The fraction of sp³-hybridized carbons (Fsp3) is 0.105. The van der Waals surface area contributed by atoms with E-state index in [1.807, 2.05) is 55.6 Å². The third kappa shape index (κ3) is 3.21. The van der Waals surface area contributed by atoms with Gasteiger partial charge in [-0.3, -0.25) is 9.20 Å². The van der Waals surface area contributed by atoms with Crippen molar-refractivity contribution in [3.05, 3.63) is 82.5 Å². The molecule has 0 fully saturated rings. The lowest BCUT2D eigenvalue weighted by Crippen LogP contribution is -2.15. The summed E-state index contributed by atoms with van der Waals surface area (Å²) in [7, 11) is 0. The Morgan fingerprint density at radius 3 is 2.84 bits per heavy atom. The number of H-pyrrole nitrogens is 1. The number of hydrogen-bond donors (Lipinski definition) is 1. The average molecular weight is 348 g/mol. The van der Waals surface area contributed by atoms with Crippen molar-refractivity contribution in [1.29, 1.82) is 0 Å². The van der Waals surface area contributed by atoms with Gasteiger partial charge in [0.05, 0.1) is 17.6 Å². The van der Waals surface area contributed by atoms with Gasteiger partial charge in [-0.15, -0.1) is 0 Å². The van der Waals surface area contributed by atoms with Gasteiger partial charge in [0.15, 0.2) is 5.16 Å². The summed E-state index contributed by atoms with van der Waals surface area (Å²) in [6, 6.07) is 15.5. The number of nitrogens with one attached hydrogen (secondary N) is 1. The second-order valence-corrected chi connectivity index (χ2v) is 6.69. The standard InChI is InChI=1S/C19H16N4OS/c1-13-6-5-9-23-17(24)10-15(21-18(13)23)12-25-19-20-11-16(22-19)14-7-3-2-4-8-14/h2-11H,12H2,1H3,(H,20,22). The molecule has 5 nitrogen and oxygen atoms in total. The molecule has 1 aromatic carbocycles. The summed E-state index contributed by atoms with van der Waals surface area (Å²) in [5.41, 5.74) is 4.45. The minimum absolute atomic E-state index is 0.0614. The molecule has 0 saturated carbocycles. The molecule has 0 aliphatic carbocycles. The lowest BCUT2D eigenvalue weighted by molar-refractivity contribution is 0.996. The van der Waals surface area contributed by atoms with Crippen LogP contribution in [0.3, 0.4) is 0 Å². The zero-order valence-corrected chi connectivity index (χ0v) is 14.5. The van der Waals surface area contributed by atoms with Crippen LogP contribution in [0.5, 0.6) is 0 Å². The molecule has 0 spiro atoms. The number of aryl methyl sites for hydroxylation is 1. The highest BCUT2D eigenvalue weighted by Gasteiger charge is 2.07. The number of aromatic amines is 1. The van der Waals surface area contributed by atoms with Gasteiger partial charge in [0.2, 0.25) is 0 Å². The second-order valence-electron chi connectivity index (χ2n) is 5.73. The van der Waals surface area contributed by atoms with Crippen LogP contribution in [0.1, 0.15) is 11.3 Å². The van der Waals surface area contributed by atoms with Crippen molar-refractivity contribution in [2.45, 2.75) is 17.8 Å². The van der Waals surface area contributed by atoms with Gasteiger partial charge in [-0.05, 0) is 24.1 Å². The Morgan fingerprint density at radius 1 is 1.16 bits per heavy atom. The molecular weight excluding hydrogens is 332 g/mol. The lowest BCUT2D eigenvalue weighted by atomic mass is 10.2. The van der Waals surface area contributed by atoms with Gasteiger partial charge in [-0.1, -0.05) is 48.2 Å². The van der Waals surface area contributed by atoms with Crippen molar-refractivity contribution in [1.82, 2.24) is 19.4 Å². The van der Waals surface area contributed by atoms with Crippen molar-refractivity contribution in [3.8, 4) is 11.3 Å². The van der Waals surface area contributed by atoms with Gasteiger partial charge >= 0.3 is 0 Å². The largest absolute Gasteiger partial charge is 0.333 e. The zero-order valence-electron chi connectivity index (χ0n) is 13.6. The molecular formula is C19H16N4OS. The number of rotatable bonds is 4. The molecule has 0 atom stereocenters. The Bertz CT molecular complexity index is 1090. The van der Waals surface area contributed by atoms with Gasteiger partial charge in [0.1, 0.15) is 5.65 Å². The molecule has 0 radical (unpaired) electrons. The molecule has 25 heavy (non-hydrogen) atoms. The molecule has 0 unspecified atom stereocenters. The summed E-state index contributed by atoms with van der Waals surface area (Å²) in [6.45, 7) is 1.96. The van der Waals surface area contributed by atoms with Gasteiger partial charge in [0, 0.05) is 18.0 Å². The summed E-state index contributed by atoms with van der Waals surface area (Å²) in [4.78, 5) is 24.6. The number of aromatic nitrogens is 4. The smallest absolute Gasteiger partial charge is 0.258 e. The van der Waals surface area contributed by atoms with Gasteiger partial charge in [0.25, 0.3) is 5.56 Å². The number of nitrogens with zero attached hydrogens (tertiary/aromatic N) is 3. The molecule has 4 aromatic rings. The third-order valence-electron chi connectivity index (χ3n) is 3.93. The van der Waals surface area contributed by atoms with Crippen LogP contribution >= 0.6 is 11.8 Å². The Balaban J connectivity index is 1.56. The molecule has 4 rings (SSSR count). The maximum absolute atomic E-state index is 12.2. The van der Waals surface area contributed by atoms with E-state index in [0.717, 1.165) is 27.7 Å². The molecule has 0 bridgehead atoms. The Kier molecular flexibility index (Phi) is 4.11. The third-order valence-corrected chi connectivity index (χ3v) is 4.85. The minimum atomic E-state index is -0.0614. The minimum Gasteiger partial charge on any atom is -0.333 e. The second kappa shape index (κ2) is 6.57. The van der Waals surface area contributed by atoms with Crippen molar-refractivity contribution in [2.75, 3.05) is 0 Å². The van der Waals surface area contributed by atoms with E-state index in [9.17, 15) is 4.79 Å². The first-order valence-electron chi connectivity index (χ1n) is 7.92. The fourth-order valence-electron chi connectivity index (χ4n) is 2.67. The topological polar surface area (TPSA) is 63.1 Å². The highest BCUT2D eigenvalue weighted by atomic mass is 32.2. The van der Waals surface area contributed by atoms with Gasteiger partial charge < -0.3 is 4.98 Å². The highest BCUT2D eigenvalue weighted by Crippen LogP contribution is 2.23. The maximum Gasteiger partial charge on any atom is 0.258 e. The summed E-state index contributed by atoms with van der Waals surface area (Å²) in [5, 5.41) is 0.811. The quantitative estimate of drug-likeness (QED) is 0.571. The average Bonchev–Trinajstić information content (AvgIpc) is 3.11. The number of pyridine rings is 1. The lowest BCUT2D eigenvalue weighted by Gasteiger charge is -2.05. The van der Waals surface area contributed by atoms with E-state index >= 15 is 0 Å². The Morgan fingerprint density at radius 2 is 2.00 bits per heavy atom. The van der Waals surface area contributed by atoms with Crippen LogP contribution in [0.2, 0.25) is 0 Å². The van der Waals surface area contributed by atoms with E-state index in [1.165, 1.54) is 11.8 Å². The summed E-state index contributed by atoms with van der Waals surface area (Å²) in [5.74, 6) is 0.585. The maximum atomic E-state index is 12.2. The summed E-state index contributed by atoms with van der Waals surface area (Å²) < 4.78 is 1.57. The monoisotopic (exact) mass is 348 g/mol. The number of hydrogen-bond acceptors (Lipinski definition) is 4. The molecule has 3 heterocycles. The van der Waals surface area contributed by atoms with Crippen molar-refractivity contribution in [2.24, 2.45) is 0 Å². The number of thioether (sulfide) groups is 1. The van der Waals surface area contributed by atoms with Crippen LogP contribution in [0.25, 0.3) is 16.9 Å². The van der Waals surface area contributed by atoms with Crippen LogP contribution in [0.15, 0.2) is 70.9 Å². The van der Waals surface area contributed by atoms with Crippen LogP contribution in [0, 0.1) is 6.92 Å². The SMILES string of the molecule is Cc1cccn2c(=O)cc(CSc3ncc(-c4ccccc4)[nH]3)nc12. The van der Waals surface area contributed by atoms with Crippen LogP contribution in [0.4, 0.5) is 0 Å². The van der Waals surface area contributed by atoms with Crippen LogP contribution < -0.4 is 5.56 Å². The molecule has 3 aromatic heterocycles. The van der Waals surface area contributed by atoms with Crippen LogP contribution in [-0.4, -0.2) is 19.4 Å². The number of benzene rings is 1. The highest BCUT2D eigenvalue weighted by molar-refractivity contribution is 7.98. The molecule has 1 N–H and O–H groups in total. The van der Waals surface area contributed by atoms with E-state index in [-0.39, 0.29) is 5.56 Å². The summed E-state index contributed by atoms with van der Waals surface area (Å²) >= 11 is 1.53. The van der Waals surface area contributed by atoms with Gasteiger partial charge in [-0.25, -0.2) is 9.97 Å². The normalized spacial score (nSPS) is 11.1. The predicted molar refractivity (Wildman–Crippen MR) is 99.8 cm³/mol. The first kappa shape index (κ1) is 15.7. The van der Waals surface area contributed by atoms with Crippen molar-refractivity contribution in [3.63, 3.8) is 0 Å². The summed E-state index contributed by atoms with van der Waals surface area (Å²) in [6.07, 6.45) is 3.57.